The smallest absolute Gasteiger partial charge is 0.350 e. The third-order valence-corrected chi connectivity index (χ3v) is 5.57. The van der Waals surface area contributed by atoms with Gasteiger partial charge in [0.15, 0.2) is 5.12 Å². The Morgan fingerprint density at radius 1 is 1.03 bits per heavy atom. The Morgan fingerprint density at radius 2 is 1.69 bits per heavy atom. The maximum absolute atomic E-state index is 12.7. The Kier molecular flexibility index (Phi) is 6.77. The molecule has 0 saturated heterocycles. The molecule has 3 rings (SSSR count). The van der Waals surface area contributed by atoms with E-state index in [4.69, 9.17) is 4.74 Å². The molecule has 0 amide bonds. The van der Waals surface area contributed by atoms with Crippen molar-refractivity contribution in [3.63, 3.8) is 0 Å². The largest absolute Gasteiger partial charge is 0.423 e. The molecule has 0 aliphatic rings. The number of aromatic nitrogens is 1. The van der Waals surface area contributed by atoms with Crippen molar-refractivity contribution in [2.24, 2.45) is 0 Å². The molecule has 0 fully saturated rings. The minimum Gasteiger partial charge on any atom is -0.423 e. The van der Waals surface area contributed by atoms with E-state index in [1.54, 1.807) is 30.3 Å². The van der Waals surface area contributed by atoms with Gasteiger partial charge in [0, 0.05) is 28.5 Å². The third kappa shape index (κ3) is 5.28. The lowest BCUT2D eigenvalue weighted by atomic mass is 10.2. The summed E-state index contributed by atoms with van der Waals surface area (Å²) in [4.78, 5) is 24.7. The lowest BCUT2D eigenvalue weighted by Crippen LogP contribution is -2.10. The normalized spacial score (nSPS) is 11.4. The van der Waals surface area contributed by atoms with Crippen LogP contribution in [0, 0.1) is 13.8 Å². The number of ether oxygens (including phenoxy) is 1. The molecule has 0 radical (unpaired) electrons. The highest BCUT2D eigenvalue weighted by Gasteiger charge is 2.18. The van der Waals surface area contributed by atoms with Crippen LogP contribution >= 0.6 is 27.7 Å². The van der Waals surface area contributed by atoms with Crippen molar-refractivity contribution in [1.82, 2.24) is 4.57 Å². The number of benzene rings is 2. The van der Waals surface area contributed by atoms with Crippen molar-refractivity contribution in [3.05, 3.63) is 87.0 Å². The number of nitrogens with zero attached hydrogens (tertiary/aromatic N) is 1. The summed E-state index contributed by atoms with van der Waals surface area (Å²) in [7, 11) is 0. The molecule has 0 aliphatic carbocycles. The molecule has 0 spiro atoms. The summed E-state index contributed by atoms with van der Waals surface area (Å²) in [6, 6.07) is 18.8. The molecule has 3 aromatic rings. The van der Waals surface area contributed by atoms with Crippen LogP contribution in [0.1, 0.15) is 23.9 Å². The van der Waals surface area contributed by atoms with Crippen molar-refractivity contribution < 1.29 is 14.3 Å². The number of hydrogen-bond donors (Lipinski definition) is 0. The Balaban J connectivity index is 1.97. The lowest BCUT2D eigenvalue weighted by Gasteiger charge is -2.10. The first-order valence-corrected chi connectivity index (χ1v) is 10.6. The van der Waals surface area contributed by atoms with E-state index in [-0.39, 0.29) is 10.0 Å². The fraction of sp³-hybridized carbons (Fsp3) is 0.130. The quantitative estimate of drug-likeness (QED) is 0.258. The molecule has 0 unspecified atom stereocenters. The maximum atomic E-state index is 12.7. The van der Waals surface area contributed by atoms with Crippen molar-refractivity contribution in [2.45, 2.75) is 20.8 Å². The van der Waals surface area contributed by atoms with E-state index in [1.807, 2.05) is 50.2 Å². The van der Waals surface area contributed by atoms with Crippen LogP contribution < -0.4 is 4.74 Å². The molecule has 148 valence electrons. The van der Waals surface area contributed by atoms with Crippen LogP contribution in [0.5, 0.6) is 5.75 Å². The SMILES string of the molecule is CC(=O)SC(=Cc1cc(C)n(-c2ccc(Br)cc2)c1C)C(=O)Oc1ccccc1. The molecule has 0 aliphatic heterocycles. The summed E-state index contributed by atoms with van der Waals surface area (Å²) in [6.07, 6.45) is 1.72. The van der Waals surface area contributed by atoms with Gasteiger partial charge in [-0.15, -0.1) is 0 Å². The standard InChI is InChI=1S/C23H20BrNO3S/c1-15-13-18(16(2)25(15)20-11-9-19(24)10-12-20)14-22(29-17(3)26)23(27)28-21-7-5-4-6-8-21/h4-14H,1-3H3. The van der Waals surface area contributed by atoms with E-state index in [0.717, 1.165) is 38.9 Å². The molecule has 0 N–H and O–H groups in total. The first-order chi connectivity index (χ1) is 13.8. The van der Waals surface area contributed by atoms with Crippen LogP contribution in [0.3, 0.4) is 0 Å². The first kappa shape index (κ1) is 21.1. The van der Waals surface area contributed by atoms with E-state index in [2.05, 4.69) is 20.5 Å². The number of thioether (sulfide) groups is 1. The van der Waals surface area contributed by atoms with Gasteiger partial charge in [-0.3, -0.25) is 4.79 Å². The summed E-state index contributed by atoms with van der Waals surface area (Å²) in [6.45, 7) is 5.42. The van der Waals surface area contributed by atoms with E-state index in [9.17, 15) is 9.59 Å². The molecule has 4 nitrogen and oxygen atoms in total. The summed E-state index contributed by atoms with van der Waals surface area (Å²) in [5, 5.41) is -0.178. The van der Waals surface area contributed by atoms with Crippen LogP contribution in [0.2, 0.25) is 0 Å². The lowest BCUT2D eigenvalue weighted by molar-refractivity contribution is -0.129. The van der Waals surface area contributed by atoms with Gasteiger partial charge in [0.25, 0.3) is 0 Å². The number of rotatable bonds is 5. The fourth-order valence-electron chi connectivity index (χ4n) is 2.99. The molecular formula is C23H20BrNO3S. The Morgan fingerprint density at radius 3 is 2.31 bits per heavy atom. The summed E-state index contributed by atoms with van der Waals surface area (Å²) >= 11 is 4.33. The molecule has 0 atom stereocenters. The monoisotopic (exact) mass is 469 g/mol. The highest BCUT2D eigenvalue weighted by atomic mass is 79.9. The van der Waals surface area contributed by atoms with Gasteiger partial charge in [-0.05, 0) is 79.7 Å². The van der Waals surface area contributed by atoms with Crippen molar-refractivity contribution >= 4 is 44.9 Å². The Hall–Kier alpha value is -2.57. The van der Waals surface area contributed by atoms with E-state index in [1.165, 1.54) is 6.92 Å². The number of esters is 1. The Labute approximate surface area is 182 Å². The molecule has 0 bridgehead atoms. The van der Waals surface area contributed by atoms with Crippen LogP contribution in [-0.4, -0.2) is 15.7 Å². The van der Waals surface area contributed by atoms with Gasteiger partial charge in [-0.2, -0.15) is 0 Å². The summed E-state index contributed by atoms with van der Waals surface area (Å²) in [5.74, 6) is -0.113. The van der Waals surface area contributed by atoms with Gasteiger partial charge in [-0.25, -0.2) is 4.79 Å². The molecule has 2 aromatic carbocycles. The molecule has 1 aromatic heterocycles. The fourth-order valence-corrected chi connectivity index (χ4v) is 3.88. The maximum Gasteiger partial charge on any atom is 0.350 e. The molecule has 1 heterocycles. The van der Waals surface area contributed by atoms with Gasteiger partial charge in [-0.1, -0.05) is 34.1 Å². The molecule has 0 saturated carbocycles. The van der Waals surface area contributed by atoms with Gasteiger partial charge in [0.1, 0.15) is 10.7 Å². The zero-order valence-corrected chi connectivity index (χ0v) is 18.7. The van der Waals surface area contributed by atoms with Crippen molar-refractivity contribution in [2.75, 3.05) is 0 Å². The second kappa shape index (κ2) is 9.29. The highest BCUT2D eigenvalue weighted by Crippen LogP contribution is 2.28. The Bertz CT molecular complexity index is 1070. The van der Waals surface area contributed by atoms with E-state index >= 15 is 0 Å². The average molecular weight is 470 g/mol. The van der Waals surface area contributed by atoms with Crippen molar-refractivity contribution in [3.8, 4) is 11.4 Å². The van der Waals surface area contributed by atoms with E-state index in [0.29, 0.717) is 5.75 Å². The topological polar surface area (TPSA) is 48.3 Å². The van der Waals surface area contributed by atoms with Gasteiger partial charge >= 0.3 is 5.97 Å². The van der Waals surface area contributed by atoms with Gasteiger partial charge < -0.3 is 9.30 Å². The second-order valence-corrected chi connectivity index (χ2v) is 8.58. The van der Waals surface area contributed by atoms with E-state index < -0.39 is 5.97 Å². The molecule has 6 heteroatoms. The summed E-state index contributed by atoms with van der Waals surface area (Å²) < 4.78 is 8.55. The predicted molar refractivity (Wildman–Crippen MR) is 121 cm³/mol. The van der Waals surface area contributed by atoms with Crippen LogP contribution in [-0.2, 0) is 9.59 Å². The second-order valence-electron chi connectivity index (χ2n) is 6.44. The third-order valence-electron chi connectivity index (χ3n) is 4.25. The first-order valence-electron chi connectivity index (χ1n) is 8.97. The number of carbonyl (C=O) groups excluding carboxylic acids is 2. The van der Waals surface area contributed by atoms with Gasteiger partial charge in [0.05, 0.1) is 0 Å². The number of carbonyl (C=O) groups is 2. The highest BCUT2D eigenvalue weighted by molar-refractivity contribution is 9.10. The minimum absolute atomic E-state index is 0.178. The van der Waals surface area contributed by atoms with Crippen molar-refractivity contribution in [1.29, 1.82) is 0 Å². The minimum atomic E-state index is -0.551. The summed E-state index contributed by atoms with van der Waals surface area (Å²) in [5.41, 5.74) is 3.88. The number of para-hydroxylation sites is 1. The average Bonchev–Trinajstić information content (AvgIpc) is 2.96. The number of halogens is 1. The molecular weight excluding hydrogens is 450 g/mol. The number of hydrogen-bond acceptors (Lipinski definition) is 4. The van der Waals surface area contributed by atoms with Crippen LogP contribution in [0.4, 0.5) is 0 Å². The zero-order chi connectivity index (χ0) is 21.0. The number of aryl methyl sites for hydroxylation is 1. The predicted octanol–water partition coefficient (Wildman–Crippen LogP) is 6.08. The van der Waals surface area contributed by atoms with Gasteiger partial charge in [0.2, 0.25) is 0 Å². The van der Waals surface area contributed by atoms with Crippen LogP contribution in [0.15, 0.2) is 70.0 Å². The van der Waals surface area contributed by atoms with Crippen LogP contribution in [0.25, 0.3) is 11.8 Å². The molecule has 29 heavy (non-hydrogen) atoms. The zero-order valence-electron chi connectivity index (χ0n) is 16.3.